The monoisotopic (exact) mass is 250 g/mol. The normalized spacial score (nSPS) is 16.6. The van der Waals surface area contributed by atoms with Crippen LogP contribution in [-0.4, -0.2) is 5.78 Å². The Balaban J connectivity index is 1.77. The first-order chi connectivity index (χ1) is 9.13. The van der Waals surface area contributed by atoms with Crippen LogP contribution in [0.1, 0.15) is 33.7 Å². The minimum Gasteiger partial charge on any atom is -0.299 e. The molecule has 2 aromatic carbocycles. The highest BCUT2D eigenvalue weighted by molar-refractivity contribution is 5.90. The molecule has 3 rings (SSSR count). The summed E-state index contributed by atoms with van der Waals surface area (Å²) in [5, 5.41) is 0. The van der Waals surface area contributed by atoms with Crippen LogP contribution in [0.15, 0.2) is 42.5 Å². The Bertz CT molecular complexity index is 620. The highest BCUT2D eigenvalue weighted by atomic mass is 16.1. The Morgan fingerprint density at radius 1 is 1.11 bits per heavy atom. The topological polar surface area (TPSA) is 17.1 Å². The first-order valence-electron chi connectivity index (χ1n) is 6.81. The van der Waals surface area contributed by atoms with Gasteiger partial charge in [-0.3, -0.25) is 4.79 Å². The van der Waals surface area contributed by atoms with Gasteiger partial charge in [0.15, 0.2) is 0 Å². The fraction of sp³-hybridized carbons (Fsp3) is 0.278. The van der Waals surface area contributed by atoms with Crippen LogP contribution < -0.4 is 0 Å². The molecule has 1 nitrogen and oxygen atoms in total. The summed E-state index contributed by atoms with van der Waals surface area (Å²) >= 11 is 0. The molecule has 96 valence electrons. The van der Waals surface area contributed by atoms with Crippen LogP contribution in [0, 0.1) is 13.8 Å². The van der Waals surface area contributed by atoms with E-state index in [9.17, 15) is 4.79 Å². The molecule has 19 heavy (non-hydrogen) atoms. The molecule has 1 atom stereocenters. The molecule has 1 unspecified atom stereocenters. The van der Waals surface area contributed by atoms with Crippen molar-refractivity contribution in [3.05, 3.63) is 70.3 Å². The van der Waals surface area contributed by atoms with E-state index >= 15 is 0 Å². The van der Waals surface area contributed by atoms with E-state index < -0.39 is 0 Å². The average Bonchev–Trinajstić information content (AvgIpc) is 2.29. The number of fused-ring (bicyclic) bond motifs is 1. The quantitative estimate of drug-likeness (QED) is 0.810. The maximum Gasteiger partial charge on any atom is 0.145 e. The van der Waals surface area contributed by atoms with E-state index in [0.717, 1.165) is 12.0 Å². The summed E-state index contributed by atoms with van der Waals surface area (Å²) in [5.74, 6) is 0.473. The second-order valence-electron chi connectivity index (χ2n) is 5.59. The lowest BCUT2D eigenvalue weighted by Crippen LogP contribution is -2.26. The Kier molecular flexibility index (Phi) is 2.98. The lowest BCUT2D eigenvalue weighted by molar-refractivity contribution is -0.120. The number of carbonyl (C=O) groups is 1. The van der Waals surface area contributed by atoms with Crippen molar-refractivity contribution >= 4 is 5.78 Å². The Hall–Kier alpha value is -1.89. The summed E-state index contributed by atoms with van der Waals surface area (Å²) in [5.41, 5.74) is 6.18. The minimum absolute atomic E-state index is 0.122. The van der Waals surface area contributed by atoms with Crippen LogP contribution in [0.5, 0.6) is 0 Å². The van der Waals surface area contributed by atoms with Crippen molar-refractivity contribution in [2.75, 3.05) is 0 Å². The second kappa shape index (κ2) is 4.65. The Morgan fingerprint density at radius 3 is 2.47 bits per heavy atom. The lowest BCUT2D eigenvalue weighted by atomic mass is 9.74. The maximum atomic E-state index is 12.4. The van der Waals surface area contributed by atoms with Crippen molar-refractivity contribution in [2.24, 2.45) is 0 Å². The van der Waals surface area contributed by atoms with Gasteiger partial charge in [0.25, 0.3) is 0 Å². The molecule has 0 spiro atoms. The number of rotatable bonds is 3. The molecule has 0 aromatic heterocycles. The number of carbonyl (C=O) groups excluding carboxylic acids is 1. The number of ketones is 1. The highest BCUT2D eigenvalue weighted by Crippen LogP contribution is 2.36. The van der Waals surface area contributed by atoms with Gasteiger partial charge in [0.1, 0.15) is 5.78 Å². The van der Waals surface area contributed by atoms with Crippen molar-refractivity contribution in [1.29, 1.82) is 0 Å². The molecule has 1 aliphatic rings. The van der Waals surface area contributed by atoms with Gasteiger partial charge in [0.05, 0.1) is 0 Å². The van der Waals surface area contributed by atoms with Crippen LogP contribution in [0.3, 0.4) is 0 Å². The van der Waals surface area contributed by atoms with E-state index in [1.807, 2.05) is 12.1 Å². The summed E-state index contributed by atoms with van der Waals surface area (Å²) in [6.45, 7) is 4.17. The third kappa shape index (κ3) is 2.33. The standard InChI is InChI=1S/C18H18O/c1-12-7-13(2)9-14(8-12)10-18(19)17-11-15-5-3-4-6-16(15)17/h3-9,17H,10-11H2,1-2H3. The zero-order valence-electron chi connectivity index (χ0n) is 11.4. The van der Waals surface area contributed by atoms with E-state index in [1.54, 1.807) is 0 Å². The predicted octanol–water partition coefficient (Wildman–Crippen LogP) is 3.75. The maximum absolute atomic E-state index is 12.4. The Morgan fingerprint density at radius 2 is 1.79 bits per heavy atom. The summed E-state index contributed by atoms with van der Waals surface area (Å²) < 4.78 is 0. The van der Waals surface area contributed by atoms with Gasteiger partial charge < -0.3 is 0 Å². The summed E-state index contributed by atoms with van der Waals surface area (Å²) in [7, 11) is 0. The molecular weight excluding hydrogens is 232 g/mol. The van der Waals surface area contributed by atoms with Gasteiger partial charge >= 0.3 is 0 Å². The van der Waals surface area contributed by atoms with Crippen LogP contribution in [0.2, 0.25) is 0 Å². The molecule has 0 heterocycles. The molecule has 2 aromatic rings. The number of aryl methyl sites for hydroxylation is 2. The van der Waals surface area contributed by atoms with E-state index in [1.165, 1.54) is 22.3 Å². The highest BCUT2D eigenvalue weighted by Gasteiger charge is 2.31. The first-order valence-corrected chi connectivity index (χ1v) is 6.81. The van der Waals surface area contributed by atoms with Crippen molar-refractivity contribution in [1.82, 2.24) is 0 Å². The summed E-state index contributed by atoms with van der Waals surface area (Å²) in [4.78, 5) is 12.4. The zero-order valence-corrected chi connectivity index (χ0v) is 11.4. The third-order valence-corrected chi connectivity index (χ3v) is 3.90. The summed E-state index contributed by atoms with van der Waals surface area (Å²) in [6, 6.07) is 14.7. The molecular formula is C18H18O. The van der Waals surface area contributed by atoms with Crippen LogP contribution in [0.25, 0.3) is 0 Å². The van der Waals surface area contributed by atoms with E-state index in [4.69, 9.17) is 0 Å². The second-order valence-corrected chi connectivity index (χ2v) is 5.59. The molecule has 0 saturated heterocycles. The molecule has 1 heteroatoms. The van der Waals surface area contributed by atoms with Gasteiger partial charge in [0, 0.05) is 12.3 Å². The smallest absolute Gasteiger partial charge is 0.145 e. The van der Waals surface area contributed by atoms with Gasteiger partial charge in [-0.05, 0) is 37.0 Å². The Labute approximate surface area is 114 Å². The molecule has 0 radical (unpaired) electrons. The van der Waals surface area contributed by atoms with Crippen molar-refractivity contribution < 1.29 is 4.79 Å². The number of hydrogen-bond acceptors (Lipinski definition) is 1. The molecule has 1 aliphatic carbocycles. The number of Topliss-reactive ketones (excluding diaryl/α,β-unsaturated/α-hetero) is 1. The molecule has 0 N–H and O–H groups in total. The van der Waals surface area contributed by atoms with E-state index in [0.29, 0.717) is 12.2 Å². The van der Waals surface area contributed by atoms with E-state index in [2.05, 4.69) is 44.2 Å². The number of hydrogen-bond donors (Lipinski definition) is 0. The van der Waals surface area contributed by atoms with Crippen LogP contribution >= 0.6 is 0 Å². The summed E-state index contributed by atoms with van der Waals surface area (Å²) in [6.07, 6.45) is 1.47. The van der Waals surface area contributed by atoms with Gasteiger partial charge in [0.2, 0.25) is 0 Å². The van der Waals surface area contributed by atoms with Gasteiger partial charge in [-0.15, -0.1) is 0 Å². The van der Waals surface area contributed by atoms with Gasteiger partial charge in [-0.2, -0.15) is 0 Å². The molecule has 0 saturated carbocycles. The van der Waals surface area contributed by atoms with Crippen molar-refractivity contribution in [3.63, 3.8) is 0 Å². The molecule has 0 amide bonds. The predicted molar refractivity (Wildman–Crippen MR) is 77.5 cm³/mol. The molecule has 0 aliphatic heterocycles. The SMILES string of the molecule is Cc1cc(C)cc(CC(=O)C2Cc3ccccc32)c1. The van der Waals surface area contributed by atoms with Gasteiger partial charge in [-0.25, -0.2) is 0 Å². The van der Waals surface area contributed by atoms with Crippen molar-refractivity contribution in [2.45, 2.75) is 32.6 Å². The number of benzene rings is 2. The minimum atomic E-state index is 0.122. The van der Waals surface area contributed by atoms with Crippen LogP contribution in [0.4, 0.5) is 0 Å². The van der Waals surface area contributed by atoms with Crippen LogP contribution in [-0.2, 0) is 17.6 Å². The molecule has 0 fully saturated rings. The average molecular weight is 250 g/mol. The zero-order chi connectivity index (χ0) is 13.4. The third-order valence-electron chi connectivity index (χ3n) is 3.90. The fourth-order valence-electron chi connectivity index (χ4n) is 3.04. The van der Waals surface area contributed by atoms with Crippen molar-refractivity contribution in [3.8, 4) is 0 Å². The molecule has 0 bridgehead atoms. The fourth-order valence-corrected chi connectivity index (χ4v) is 3.04. The lowest BCUT2D eigenvalue weighted by Gasteiger charge is -2.28. The first kappa shape index (κ1) is 12.2. The van der Waals surface area contributed by atoms with Gasteiger partial charge in [-0.1, -0.05) is 53.6 Å². The van der Waals surface area contributed by atoms with E-state index in [-0.39, 0.29) is 5.92 Å². The largest absolute Gasteiger partial charge is 0.299 e.